The first-order valence-electron chi connectivity index (χ1n) is 9.09. The molecule has 26 heavy (non-hydrogen) atoms. The summed E-state index contributed by atoms with van der Waals surface area (Å²) in [7, 11) is 1.40. The Bertz CT molecular complexity index is 841. The molecule has 3 unspecified atom stereocenters. The molecular weight excluding hydrogens is 326 g/mol. The molecule has 2 aliphatic rings. The first-order chi connectivity index (χ1) is 12.7. The van der Waals surface area contributed by atoms with E-state index in [-0.39, 0.29) is 12.0 Å². The summed E-state index contributed by atoms with van der Waals surface area (Å²) in [5.74, 6) is 1.47. The Labute approximate surface area is 153 Å². The molecule has 0 spiro atoms. The number of carbonyl (C=O) groups is 1. The molecule has 3 atom stereocenters. The molecule has 4 rings (SSSR count). The number of esters is 1. The Morgan fingerprint density at radius 1 is 1.19 bits per heavy atom. The molecule has 0 saturated carbocycles. The van der Waals surface area contributed by atoms with Gasteiger partial charge in [0.05, 0.1) is 25.3 Å². The molecule has 2 aromatic rings. The van der Waals surface area contributed by atoms with Crippen molar-refractivity contribution in [1.29, 1.82) is 0 Å². The van der Waals surface area contributed by atoms with Crippen LogP contribution in [0.1, 0.15) is 46.8 Å². The van der Waals surface area contributed by atoms with E-state index < -0.39 is 0 Å². The van der Waals surface area contributed by atoms with E-state index >= 15 is 0 Å². The lowest BCUT2D eigenvalue weighted by atomic mass is 9.77. The highest BCUT2D eigenvalue weighted by molar-refractivity contribution is 5.89. The Kier molecular flexibility index (Phi) is 4.41. The molecule has 4 nitrogen and oxygen atoms in total. The zero-order valence-corrected chi connectivity index (χ0v) is 15.1. The lowest BCUT2D eigenvalue weighted by Gasteiger charge is -2.37. The van der Waals surface area contributed by atoms with Gasteiger partial charge in [0.25, 0.3) is 0 Å². The topological polar surface area (TPSA) is 47.6 Å². The summed E-state index contributed by atoms with van der Waals surface area (Å²) >= 11 is 0. The highest BCUT2D eigenvalue weighted by Gasteiger charge is 2.38. The number of anilines is 1. The van der Waals surface area contributed by atoms with Gasteiger partial charge in [-0.25, -0.2) is 4.79 Å². The fraction of sp³-hybridized carbons (Fsp3) is 0.318. The van der Waals surface area contributed by atoms with Crippen LogP contribution in [0.15, 0.2) is 54.6 Å². The highest BCUT2D eigenvalue weighted by atomic mass is 16.5. The average Bonchev–Trinajstić information content (AvgIpc) is 3.17. The van der Waals surface area contributed by atoms with E-state index in [0.717, 1.165) is 17.9 Å². The number of methoxy groups -OCH3 is 1. The summed E-state index contributed by atoms with van der Waals surface area (Å²) in [6.07, 6.45) is 5.63. The van der Waals surface area contributed by atoms with Crippen molar-refractivity contribution in [2.75, 3.05) is 19.0 Å². The van der Waals surface area contributed by atoms with Gasteiger partial charge in [-0.3, -0.25) is 0 Å². The third-order valence-corrected chi connectivity index (χ3v) is 5.34. The lowest BCUT2D eigenvalue weighted by Crippen LogP contribution is -2.29. The van der Waals surface area contributed by atoms with Gasteiger partial charge in [0.2, 0.25) is 0 Å². The summed E-state index contributed by atoms with van der Waals surface area (Å²) in [6, 6.07) is 14.2. The van der Waals surface area contributed by atoms with Crippen molar-refractivity contribution in [2.24, 2.45) is 5.92 Å². The molecule has 1 heterocycles. The van der Waals surface area contributed by atoms with E-state index in [1.165, 1.54) is 18.2 Å². The van der Waals surface area contributed by atoms with Crippen LogP contribution < -0.4 is 10.1 Å². The Morgan fingerprint density at radius 2 is 2.00 bits per heavy atom. The Morgan fingerprint density at radius 3 is 2.73 bits per heavy atom. The third kappa shape index (κ3) is 2.85. The van der Waals surface area contributed by atoms with Crippen LogP contribution in [-0.4, -0.2) is 19.7 Å². The molecule has 134 valence electrons. The number of fused-ring (bicyclic) bond motifs is 3. The SMILES string of the molecule is CCOc1ccc2c(c1)C1C=CCC1C(c1ccc(C(=O)OC)cc1)N2. The standard InChI is InChI=1S/C22H23NO3/c1-3-26-16-11-12-20-19(13-16)17-5-4-6-18(17)21(23-20)14-7-9-15(10-8-14)22(24)25-2/h4-5,7-13,17-18,21,23H,3,6H2,1-2H3. The van der Waals surface area contributed by atoms with Crippen molar-refractivity contribution < 1.29 is 14.3 Å². The van der Waals surface area contributed by atoms with Gasteiger partial charge < -0.3 is 14.8 Å². The second-order valence-electron chi connectivity index (χ2n) is 6.77. The molecule has 1 N–H and O–H groups in total. The van der Waals surface area contributed by atoms with Crippen LogP contribution in [0.3, 0.4) is 0 Å². The van der Waals surface area contributed by atoms with Gasteiger partial charge in [-0.15, -0.1) is 0 Å². The van der Waals surface area contributed by atoms with Gasteiger partial charge in [-0.2, -0.15) is 0 Å². The minimum Gasteiger partial charge on any atom is -0.494 e. The maximum atomic E-state index is 11.7. The molecule has 0 saturated heterocycles. The zero-order chi connectivity index (χ0) is 18.1. The van der Waals surface area contributed by atoms with Crippen LogP contribution in [-0.2, 0) is 4.74 Å². The van der Waals surface area contributed by atoms with E-state index in [9.17, 15) is 4.79 Å². The number of hydrogen-bond acceptors (Lipinski definition) is 4. The molecule has 0 bridgehead atoms. The van der Waals surface area contributed by atoms with Gasteiger partial charge in [-0.1, -0.05) is 24.3 Å². The summed E-state index contributed by atoms with van der Waals surface area (Å²) in [5.41, 5.74) is 4.23. The number of allylic oxidation sites excluding steroid dienone is 2. The number of hydrogen-bond donors (Lipinski definition) is 1. The van der Waals surface area contributed by atoms with Crippen LogP contribution in [0.5, 0.6) is 5.75 Å². The Balaban J connectivity index is 1.66. The molecule has 2 aromatic carbocycles. The van der Waals surface area contributed by atoms with Crippen molar-refractivity contribution >= 4 is 11.7 Å². The van der Waals surface area contributed by atoms with Crippen LogP contribution in [0.2, 0.25) is 0 Å². The molecule has 0 aromatic heterocycles. The van der Waals surface area contributed by atoms with Crippen molar-refractivity contribution in [3.8, 4) is 5.75 Å². The van der Waals surface area contributed by atoms with Gasteiger partial charge >= 0.3 is 5.97 Å². The smallest absolute Gasteiger partial charge is 0.337 e. The predicted molar refractivity (Wildman–Crippen MR) is 102 cm³/mol. The molecule has 0 radical (unpaired) electrons. The zero-order valence-electron chi connectivity index (χ0n) is 15.1. The van der Waals surface area contributed by atoms with E-state index in [0.29, 0.717) is 24.0 Å². The molecule has 4 heteroatoms. The van der Waals surface area contributed by atoms with Crippen LogP contribution >= 0.6 is 0 Å². The van der Waals surface area contributed by atoms with E-state index in [2.05, 4.69) is 29.6 Å². The lowest BCUT2D eigenvalue weighted by molar-refractivity contribution is 0.0600. The third-order valence-electron chi connectivity index (χ3n) is 5.34. The fourth-order valence-electron chi connectivity index (χ4n) is 4.10. The van der Waals surface area contributed by atoms with Crippen molar-refractivity contribution in [3.63, 3.8) is 0 Å². The summed E-state index contributed by atoms with van der Waals surface area (Å²) in [4.78, 5) is 11.7. The quantitative estimate of drug-likeness (QED) is 0.642. The van der Waals surface area contributed by atoms with Crippen LogP contribution in [0.25, 0.3) is 0 Å². The highest BCUT2D eigenvalue weighted by Crippen LogP contribution is 2.50. The van der Waals surface area contributed by atoms with Crippen LogP contribution in [0.4, 0.5) is 5.69 Å². The van der Waals surface area contributed by atoms with Gasteiger partial charge in [-0.05, 0) is 60.7 Å². The van der Waals surface area contributed by atoms with Crippen molar-refractivity contribution in [3.05, 3.63) is 71.3 Å². The molecule has 1 aliphatic carbocycles. The predicted octanol–water partition coefficient (Wildman–Crippen LogP) is 4.70. The van der Waals surface area contributed by atoms with E-state index in [1.54, 1.807) is 0 Å². The van der Waals surface area contributed by atoms with Gasteiger partial charge in [0.15, 0.2) is 0 Å². The second kappa shape index (κ2) is 6.87. The number of nitrogens with one attached hydrogen (secondary N) is 1. The number of ether oxygens (including phenoxy) is 2. The van der Waals surface area contributed by atoms with Crippen molar-refractivity contribution in [1.82, 2.24) is 0 Å². The maximum absolute atomic E-state index is 11.7. The normalized spacial score (nSPS) is 22.9. The maximum Gasteiger partial charge on any atom is 0.337 e. The molecular formula is C22H23NO3. The minimum absolute atomic E-state index is 0.215. The van der Waals surface area contributed by atoms with Gasteiger partial charge in [0.1, 0.15) is 5.75 Å². The monoisotopic (exact) mass is 349 g/mol. The van der Waals surface area contributed by atoms with E-state index in [1.807, 2.05) is 37.3 Å². The average molecular weight is 349 g/mol. The summed E-state index contributed by atoms with van der Waals surface area (Å²) in [5, 5.41) is 3.70. The Hall–Kier alpha value is -2.75. The van der Waals surface area contributed by atoms with Crippen molar-refractivity contribution in [2.45, 2.75) is 25.3 Å². The largest absolute Gasteiger partial charge is 0.494 e. The number of carbonyl (C=O) groups excluding carboxylic acids is 1. The molecule has 0 fully saturated rings. The summed E-state index contributed by atoms with van der Waals surface area (Å²) in [6.45, 7) is 2.68. The number of rotatable bonds is 4. The fourth-order valence-corrected chi connectivity index (χ4v) is 4.10. The minimum atomic E-state index is -0.303. The van der Waals surface area contributed by atoms with E-state index in [4.69, 9.17) is 9.47 Å². The molecule has 1 aliphatic heterocycles. The second-order valence-corrected chi connectivity index (χ2v) is 6.77. The van der Waals surface area contributed by atoms with Gasteiger partial charge in [0, 0.05) is 11.6 Å². The first-order valence-corrected chi connectivity index (χ1v) is 9.09. The summed E-state index contributed by atoms with van der Waals surface area (Å²) < 4.78 is 10.5. The number of benzene rings is 2. The first kappa shape index (κ1) is 16.7. The molecule has 0 amide bonds. The van der Waals surface area contributed by atoms with Crippen LogP contribution in [0, 0.1) is 5.92 Å².